The van der Waals surface area contributed by atoms with Crippen LogP contribution < -0.4 is 0 Å². The van der Waals surface area contributed by atoms with Crippen LogP contribution in [-0.4, -0.2) is 33.3 Å². The van der Waals surface area contributed by atoms with Gasteiger partial charge in [-0.25, -0.2) is 4.98 Å². The van der Waals surface area contributed by atoms with Gasteiger partial charge in [-0.3, -0.25) is 9.20 Å². The van der Waals surface area contributed by atoms with Crippen LogP contribution >= 0.6 is 11.6 Å². The van der Waals surface area contributed by atoms with Crippen molar-refractivity contribution in [2.45, 2.75) is 33.6 Å². The minimum absolute atomic E-state index is 0.0880. The van der Waals surface area contributed by atoms with Gasteiger partial charge < -0.3 is 4.90 Å². The molecule has 118 valence electrons. The van der Waals surface area contributed by atoms with Gasteiger partial charge in [0.15, 0.2) is 0 Å². The summed E-state index contributed by atoms with van der Waals surface area (Å²) in [5.41, 5.74) is 2.28. The van der Waals surface area contributed by atoms with E-state index in [4.69, 9.17) is 11.6 Å². The van der Waals surface area contributed by atoms with Crippen molar-refractivity contribution in [3.05, 3.63) is 34.7 Å². The molecule has 3 rings (SSSR count). The van der Waals surface area contributed by atoms with Crippen LogP contribution in [0.1, 0.15) is 43.4 Å². The van der Waals surface area contributed by atoms with E-state index in [1.807, 2.05) is 22.4 Å². The van der Waals surface area contributed by atoms with Crippen molar-refractivity contribution in [3.63, 3.8) is 0 Å². The molecule has 1 fully saturated rings. The standard InChI is InChI=1S/C17H22ClN3O/c1-4-14-16(21-6-5-13(18)8-15(21)19-14)17(22)20-9-11(2)7-12(3)10-20/h5-6,8,11-12H,4,7,9-10H2,1-3H3. The third-order valence-electron chi connectivity index (χ3n) is 4.35. The molecule has 0 saturated carbocycles. The highest BCUT2D eigenvalue weighted by atomic mass is 35.5. The van der Waals surface area contributed by atoms with Crippen molar-refractivity contribution < 1.29 is 4.79 Å². The van der Waals surface area contributed by atoms with E-state index in [0.717, 1.165) is 30.9 Å². The number of aryl methyl sites for hydroxylation is 1. The van der Waals surface area contributed by atoms with Gasteiger partial charge in [-0.15, -0.1) is 0 Å². The van der Waals surface area contributed by atoms with E-state index in [-0.39, 0.29) is 5.91 Å². The van der Waals surface area contributed by atoms with Crippen molar-refractivity contribution in [2.75, 3.05) is 13.1 Å². The molecule has 0 N–H and O–H groups in total. The lowest BCUT2D eigenvalue weighted by Gasteiger charge is -2.35. The Bertz CT molecular complexity index is 699. The van der Waals surface area contributed by atoms with Crippen molar-refractivity contribution in [3.8, 4) is 0 Å². The van der Waals surface area contributed by atoms with Gasteiger partial charge in [0, 0.05) is 30.4 Å². The van der Waals surface area contributed by atoms with Gasteiger partial charge >= 0.3 is 0 Å². The molecular weight excluding hydrogens is 298 g/mol. The number of pyridine rings is 1. The minimum atomic E-state index is 0.0880. The van der Waals surface area contributed by atoms with Crippen molar-refractivity contribution in [1.82, 2.24) is 14.3 Å². The fourth-order valence-electron chi connectivity index (χ4n) is 3.52. The number of aromatic nitrogens is 2. The van der Waals surface area contributed by atoms with Gasteiger partial charge in [-0.2, -0.15) is 0 Å². The maximum Gasteiger partial charge on any atom is 0.272 e. The summed E-state index contributed by atoms with van der Waals surface area (Å²) in [7, 11) is 0. The first kappa shape index (κ1) is 15.3. The number of rotatable bonds is 2. The molecule has 1 amide bonds. The van der Waals surface area contributed by atoms with Crippen LogP contribution in [0, 0.1) is 11.8 Å². The lowest BCUT2D eigenvalue weighted by Crippen LogP contribution is -2.43. The number of carbonyl (C=O) groups is 1. The Morgan fingerprint density at radius 1 is 1.36 bits per heavy atom. The van der Waals surface area contributed by atoms with E-state index in [0.29, 0.717) is 22.6 Å². The van der Waals surface area contributed by atoms with Gasteiger partial charge in [0.25, 0.3) is 5.91 Å². The fourth-order valence-corrected chi connectivity index (χ4v) is 3.67. The summed E-state index contributed by atoms with van der Waals surface area (Å²) in [5.74, 6) is 1.18. The van der Waals surface area contributed by atoms with Crippen molar-refractivity contribution >= 4 is 23.2 Å². The Balaban J connectivity index is 2.03. The monoisotopic (exact) mass is 319 g/mol. The van der Waals surface area contributed by atoms with Crippen LogP contribution in [0.25, 0.3) is 5.65 Å². The van der Waals surface area contributed by atoms with Crippen LogP contribution in [0.15, 0.2) is 18.3 Å². The SMILES string of the molecule is CCc1nc2cc(Cl)ccn2c1C(=O)N1CC(C)CC(C)C1. The van der Waals surface area contributed by atoms with Crippen LogP contribution in [0.3, 0.4) is 0 Å². The maximum absolute atomic E-state index is 13.1. The fraction of sp³-hybridized carbons (Fsp3) is 0.529. The highest BCUT2D eigenvalue weighted by molar-refractivity contribution is 6.30. The molecular formula is C17H22ClN3O. The minimum Gasteiger partial charge on any atom is -0.337 e. The van der Waals surface area contributed by atoms with E-state index in [1.165, 1.54) is 6.42 Å². The summed E-state index contributed by atoms with van der Waals surface area (Å²) < 4.78 is 1.87. The number of amides is 1. The first-order valence-corrected chi connectivity index (χ1v) is 8.33. The topological polar surface area (TPSA) is 37.6 Å². The van der Waals surface area contributed by atoms with Gasteiger partial charge in [-0.05, 0) is 30.7 Å². The van der Waals surface area contributed by atoms with E-state index in [2.05, 4.69) is 18.8 Å². The quantitative estimate of drug-likeness (QED) is 0.847. The molecule has 1 aliphatic rings. The third kappa shape index (κ3) is 2.72. The van der Waals surface area contributed by atoms with E-state index in [1.54, 1.807) is 12.1 Å². The smallest absolute Gasteiger partial charge is 0.272 e. The van der Waals surface area contributed by atoms with Crippen LogP contribution in [-0.2, 0) is 6.42 Å². The van der Waals surface area contributed by atoms with E-state index < -0.39 is 0 Å². The number of hydrogen-bond donors (Lipinski definition) is 0. The van der Waals surface area contributed by atoms with Crippen LogP contribution in [0.4, 0.5) is 0 Å². The number of imidazole rings is 1. The molecule has 0 aromatic carbocycles. The average molecular weight is 320 g/mol. The zero-order chi connectivity index (χ0) is 15.9. The highest BCUT2D eigenvalue weighted by Gasteiger charge is 2.29. The summed E-state index contributed by atoms with van der Waals surface area (Å²) in [5, 5.41) is 0.638. The Kier molecular flexibility index (Phi) is 4.13. The molecule has 1 saturated heterocycles. The lowest BCUT2D eigenvalue weighted by molar-refractivity contribution is 0.0615. The molecule has 0 bridgehead atoms. The van der Waals surface area contributed by atoms with Crippen LogP contribution in [0.2, 0.25) is 5.02 Å². The van der Waals surface area contributed by atoms with Crippen LogP contribution in [0.5, 0.6) is 0 Å². The summed E-state index contributed by atoms with van der Waals surface area (Å²) in [6.07, 6.45) is 3.76. The molecule has 0 spiro atoms. The first-order chi connectivity index (χ1) is 10.5. The number of fused-ring (bicyclic) bond motifs is 1. The number of hydrogen-bond acceptors (Lipinski definition) is 2. The Labute approximate surface area is 136 Å². The second-order valence-corrected chi connectivity index (χ2v) is 6.93. The van der Waals surface area contributed by atoms with Gasteiger partial charge in [0.1, 0.15) is 11.3 Å². The predicted molar refractivity (Wildman–Crippen MR) is 88.4 cm³/mol. The summed E-state index contributed by atoms with van der Waals surface area (Å²) in [6.45, 7) is 8.11. The van der Waals surface area contributed by atoms with Gasteiger partial charge in [0.05, 0.1) is 5.69 Å². The highest BCUT2D eigenvalue weighted by Crippen LogP contribution is 2.25. The Morgan fingerprint density at radius 3 is 2.68 bits per heavy atom. The molecule has 4 nitrogen and oxygen atoms in total. The number of likely N-dealkylation sites (tertiary alicyclic amines) is 1. The van der Waals surface area contributed by atoms with E-state index in [9.17, 15) is 4.79 Å². The number of piperidine rings is 1. The zero-order valence-corrected chi connectivity index (χ0v) is 14.1. The summed E-state index contributed by atoms with van der Waals surface area (Å²) >= 11 is 6.04. The summed E-state index contributed by atoms with van der Waals surface area (Å²) in [6, 6.07) is 3.60. The lowest BCUT2D eigenvalue weighted by atomic mass is 9.91. The summed E-state index contributed by atoms with van der Waals surface area (Å²) in [4.78, 5) is 19.6. The molecule has 22 heavy (non-hydrogen) atoms. The number of halogens is 1. The van der Waals surface area contributed by atoms with Gasteiger partial charge in [-0.1, -0.05) is 32.4 Å². The van der Waals surface area contributed by atoms with Crippen molar-refractivity contribution in [2.24, 2.45) is 11.8 Å². The Hall–Kier alpha value is -1.55. The molecule has 5 heteroatoms. The van der Waals surface area contributed by atoms with Crippen molar-refractivity contribution in [1.29, 1.82) is 0 Å². The second-order valence-electron chi connectivity index (χ2n) is 6.49. The number of nitrogens with zero attached hydrogens (tertiary/aromatic N) is 3. The molecule has 1 aliphatic heterocycles. The Morgan fingerprint density at radius 2 is 2.05 bits per heavy atom. The molecule has 2 aromatic heterocycles. The predicted octanol–water partition coefficient (Wildman–Crippen LogP) is 3.67. The number of carbonyl (C=O) groups excluding carboxylic acids is 1. The normalized spacial score (nSPS) is 22.3. The zero-order valence-electron chi connectivity index (χ0n) is 13.3. The molecule has 0 radical (unpaired) electrons. The largest absolute Gasteiger partial charge is 0.337 e. The molecule has 2 unspecified atom stereocenters. The molecule has 3 heterocycles. The molecule has 0 aliphatic carbocycles. The first-order valence-electron chi connectivity index (χ1n) is 7.95. The molecule has 2 aromatic rings. The average Bonchev–Trinajstić information content (AvgIpc) is 2.82. The second kappa shape index (κ2) is 5.92. The maximum atomic E-state index is 13.1. The third-order valence-corrected chi connectivity index (χ3v) is 4.59. The molecule has 2 atom stereocenters. The van der Waals surface area contributed by atoms with E-state index >= 15 is 0 Å². The van der Waals surface area contributed by atoms with Gasteiger partial charge in [0.2, 0.25) is 0 Å².